The Hall–Kier alpha value is -3.20. The molecule has 0 aliphatic carbocycles. The van der Waals surface area contributed by atoms with E-state index >= 15 is 0 Å². The zero-order chi connectivity index (χ0) is 17.2. The second-order valence-electron chi connectivity index (χ2n) is 6.02. The molecular weight excluding hydrogens is 312 g/mol. The average molecular weight is 328 g/mol. The molecular formula is C22H16O3. The molecule has 4 rings (SSSR count). The van der Waals surface area contributed by atoms with E-state index < -0.39 is 12.0 Å². The molecule has 3 aromatic carbocycles. The lowest BCUT2D eigenvalue weighted by molar-refractivity contribution is 0.0570. The van der Waals surface area contributed by atoms with E-state index in [4.69, 9.17) is 4.74 Å². The van der Waals surface area contributed by atoms with Gasteiger partial charge in [-0.3, -0.25) is 9.59 Å². The molecule has 1 aliphatic heterocycles. The number of carbonyl (C=O) groups is 2. The molecule has 25 heavy (non-hydrogen) atoms. The Morgan fingerprint density at radius 3 is 2.08 bits per heavy atom. The van der Waals surface area contributed by atoms with Crippen LogP contribution in [0.5, 0.6) is 5.75 Å². The molecule has 3 nitrogen and oxygen atoms in total. The van der Waals surface area contributed by atoms with Crippen molar-refractivity contribution in [2.24, 2.45) is 5.92 Å². The number of ether oxygens (including phenoxy) is 1. The summed E-state index contributed by atoms with van der Waals surface area (Å²) < 4.78 is 6.10. The molecule has 0 unspecified atom stereocenters. The van der Waals surface area contributed by atoms with Crippen molar-refractivity contribution < 1.29 is 14.3 Å². The van der Waals surface area contributed by atoms with Gasteiger partial charge in [0.25, 0.3) is 0 Å². The van der Waals surface area contributed by atoms with Crippen molar-refractivity contribution in [3.63, 3.8) is 0 Å². The zero-order valence-corrected chi connectivity index (χ0v) is 13.5. The minimum absolute atomic E-state index is 0.190. The molecule has 1 aliphatic rings. The first-order valence-electron chi connectivity index (χ1n) is 8.20. The van der Waals surface area contributed by atoms with Crippen LogP contribution in [-0.4, -0.2) is 11.6 Å². The number of hydrogen-bond donors (Lipinski definition) is 0. The van der Waals surface area contributed by atoms with Gasteiger partial charge in [-0.05, 0) is 17.7 Å². The van der Waals surface area contributed by atoms with E-state index in [9.17, 15) is 9.59 Å². The number of ketones is 2. The molecule has 1 heterocycles. The molecule has 0 saturated heterocycles. The summed E-state index contributed by atoms with van der Waals surface area (Å²) in [6.45, 7) is 0. The Morgan fingerprint density at radius 2 is 1.36 bits per heavy atom. The number of hydrogen-bond acceptors (Lipinski definition) is 3. The Labute approximate surface area is 145 Å². The fourth-order valence-electron chi connectivity index (χ4n) is 3.22. The summed E-state index contributed by atoms with van der Waals surface area (Å²) in [6.07, 6.45) is -0.628. The lowest BCUT2D eigenvalue weighted by atomic mass is 9.81. The van der Waals surface area contributed by atoms with Crippen LogP contribution in [-0.2, 0) is 0 Å². The normalized spacial score (nSPS) is 19.0. The number of carbonyl (C=O) groups excluding carboxylic acids is 2. The Kier molecular flexibility index (Phi) is 3.90. The molecule has 3 heteroatoms. The largest absolute Gasteiger partial charge is 0.484 e. The van der Waals surface area contributed by atoms with Gasteiger partial charge in [0.05, 0.1) is 5.56 Å². The van der Waals surface area contributed by atoms with Gasteiger partial charge in [0.1, 0.15) is 17.8 Å². The Morgan fingerprint density at radius 1 is 0.760 bits per heavy atom. The van der Waals surface area contributed by atoms with Crippen LogP contribution in [0.1, 0.15) is 32.4 Å². The van der Waals surface area contributed by atoms with Crippen LogP contribution in [0.3, 0.4) is 0 Å². The minimum Gasteiger partial charge on any atom is -0.484 e. The average Bonchev–Trinajstić information content (AvgIpc) is 2.69. The molecule has 3 aromatic rings. The third-order valence-electron chi connectivity index (χ3n) is 4.46. The van der Waals surface area contributed by atoms with Gasteiger partial charge in [0, 0.05) is 5.56 Å². The van der Waals surface area contributed by atoms with Crippen molar-refractivity contribution in [1.82, 2.24) is 0 Å². The molecule has 0 amide bonds. The van der Waals surface area contributed by atoms with E-state index in [0.717, 1.165) is 5.56 Å². The predicted molar refractivity (Wildman–Crippen MR) is 94.8 cm³/mol. The Balaban J connectivity index is 1.83. The van der Waals surface area contributed by atoms with Crippen LogP contribution in [0.4, 0.5) is 0 Å². The van der Waals surface area contributed by atoms with Crippen LogP contribution in [0.15, 0.2) is 84.9 Å². The van der Waals surface area contributed by atoms with Crippen molar-refractivity contribution in [3.8, 4) is 5.75 Å². The first-order chi connectivity index (χ1) is 12.3. The van der Waals surface area contributed by atoms with E-state index in [-0.39, 0.29) is 11.6 Å². The fourth-order valence-corrected chi connectivity index (χ4v) is 3.22. The van der Waals surface area contributed by atoms with Crippen LogP contribution in [0, 0.1) is 5.92 Å². The van der Waals surface area contributed by atoms with Gasteiger partial charge in [-0.25, -0.2) is 0 Å². The van der Waals surface area contributed by atoms with E-state index in [1.165, 1.54) is 0 Å². The summed E-state index contributed by atoms with van der Waals surface area (Å²) in [7, 11) is 0. The summed E-state index contributed by atoms with van der Waals surface area (Å²) in [5.41, 5.74) is 1.80. The topological polar surface area (TPSA) is 43.4 Å². The van der Waals surface area contributed by atoms with Gasteiger partial charge < -0.3 is 4.74 Å². The standard InChI is InChI=1S/C22H16O3/c23-20(15-9-3-1-4-10-15)19-21(24)17-13-7-8-14-18(17)25-22(19)16-11-5-2-6-12-16/h1-14,19,22H/t19-,22+/m1/s1. The maximum atomic E-state index is 13.1. The third-order valence-corrected chi connectivity index (χ3v) is 4.46. The van der Waals surface area contributed by atoms with Crippen molar-refractivity contribution >= 4 is 11.6 Å². The van der Waals surface area contributed by atoms with Gasteiger partial charge in [-0.2, -0.15) is 0 Å². The summed E-state index contributed by atoms with van der Waals surface area (Å²) in [5, 5.41) is 0. The maximum Gasteiger partial charge on any atom is 0.181 e. The first-order valence-corrected chi connectivity index (χ1v) is 8.20. The van der Waals surface area contributed by atoms with E-state index in [0.29, 0.717) is 16.9 Å². The molecule has 122 valence electrons. The SMILES string of the molecule is O=C(c1ccccc1)[C@@H]1C(=O)c2ccccc2O[C@H]1c1ccccc1. The van der Waals surface area contributed by atoms with E-state index in [2.05, 4.69) is 0 Å². The predicted octanol–water partition coefficient (Wildman–Crippen LogP) is 4.50. The lowest BCUT2D eigenvalue weighted by Gasteiger charge is -2.32. The quantitative estimate of drug-likeness (QED) is 0.525. The van der Waals surface area contributed by atoms with Crippen LogP contribution < -0.4 is 4.74 Å². The van der Waals surface area contributed by atoms with Crippen molar-refractivity contribution in [3.05, 3.63) is 102 Å². The van der Waals surface area contributed by atoms with Gasteiger partial charge in [-0.15, -0.1) is 0 Å². The molecule has 0 saturated carbocycles. The summed E-state index contributed by atoms with van der Waals surface area (Å²) >= 11 is 0. The fraction of sp³-hybridized carbons (Fsp3) is 0.0909. The maximum absolute atomic E-state index is 13.1. The Bertz CT molecular complexity index is 916. The van der Waals surface area contributed by atoms with Crippen LogP contribution >= 0.6 is 0 Å². The molecule has 0 fully saturated rings. The summed E-state index contributed by atoms with van der Waals surface area (Å²) in [5.74, 6) is -0.767. The number of Topliss-reactive ketones (excluding diaryl/α,β-unsaturated/α-hetero) is 2. The lowest BCUT2D eigenvalue weighted by Crippen LogP contribution is -2.37. The van der Waals surface area contributed by atoms with Crippen molar-refractivity contribution in [1.29, 1.82) is 0 Å². The van der Waals surface area contributed by atoms with E-state index in [1.807, 2.05) is 42.5 Å². The van der Waals surface area contributed by atoms with Crippen molar-refractivity contribution in [2.45, 2.75) is 6.10 Å². The number of fused-ring (bicyclic) bond motifs is 1. The highest BCUT2D eigenvalue weighted by atomic mass is 16.5. The van der Waals surface area contributed by atoms with Gasteiger partial charge in [-0.1, -0.05) is 72.8 Å². The molecule has 0 spiro atoms. The smallest absolute Gasteiger partial charge is 0.181 e. The third kappa shape index (κ3) is 2.74. The highest BCUT2D eigenvalue weighted by molar-refractivity contribution is 6.18. The second-order valence-corrected chi connectivity index (χ2v) is 6.02. The number of benzene rings is 3. The minimum atomic E-state index is -0.889. The second kappa shape index (κ2) is 6.36. The number of para-hydroxylation sites is 1. The first kappa shape index (κ1) is 15.3. The summed E-state index contributed by atoms with van der Waals surface area (Å²) in [6, 6.07) is 25.4. The highest BCUT2D eigenvalue weighted by Gasteiger charge is 2.42. The van der Waals surface area contributed by atoms with Gasteiger partial charge in [0.15, 0.2) is 11.6 Å². The van der Waals surface area contributed by atoms with Crippen molar-refractivity contribution in [2.75, 3.05) is 0 Å². The molecule has 0 radical (unpaired) electrons. The molecule has 2 atom stereocenters. The van der Waals surface area contributed by atoms with Gasteiger partial charge >= 0.3 is 0 Å². The van der Waals surface area contributed by atoms with Crippen LogP contribution in [0.25, 0.3) is 0 Å². The summed E-state index contributed by atoms with van der Waals surface area (Å²) in [4.78, 5) is 26.2. The number of rotatable bonds is 3. The molecule has 0 aromatic heterocycles. The zero-order valence-electron chi connectivity index (χ0n) is 13.5. The highest BCUT2D eigenvalue weighted by Crippen LogP contribution is 2.40. The van der Waals surface area contributed by atoms with Gasteiger partial charge in [0.2, 0.25) is 0 Å². The monoisotopic (exact) mass is 328 g/mol. The molecule has 0 N–H and O–H groups in total. The van der Waals surface area contributed by atoms with Crippen LogP contribution in [0.2, 0.25) is 0 Å². The molecule has 0 bridgehead atoms. The van der Waals surface area contributed by atoms with E-state index in [1.54, 1.807) is 42.5 Å².